The summed E-state index contributed by atoms with van der Waals surface area (Å²) in [5.41, 5.74) is -0.925. The van der Waals surface area contributed by atoms with Gasteiger partial charge in [-0.3, -0.25) is 4.79 Å². The summed E-state index contributed by atoms with van der Waals surface area (Å²) in [5.74, 6) is -1.46. The molecule has 0 radical (unpaired) electrons. The van der Waals surface area contributed by atoms with Crippen LogP contribution in [0.25, 0.3) is 0 Å². The van der Waals surface area contributed by atoms with Crippen molar-refractivity contribution in [2.24, 2.45) is 5.41 Å². The van der Waals surface area contributed by atoms with E-state index in [0.29, 0.717) is 0 Å². The molecule has 0 aliphatic rings. The van der Waals surface area contributed by atoms with Crippen LogP contribution in [0.15, 0.2) is 18.2 Å². The predicted molar refractivity (Wildman–Crippen MR) is 62.5 cm³/mol. The Morgan fingerprint density at radius 1 is 1.44 bits per heavy atom. The van der Waals surface area contributed by atoms with Crippen LogP contribution in [0.1, 0.15) is 19.4 Å². The van der Waals surface area contributed by atoms with Crippen LogP contribution < -0.4 is 5.32 Å². The van der Waals surface area contributed by atoms with E-state index in [2.05, 4.69) is 5.32 Å². The molecule has 0 saturated heterocycles. The van der Waals surface area contributed by atoms with Crippen LogP contribution in [0.4, 0.5) is 8.78 Å². The van der Waals surface area contributed by atoms with Crippen molar-refractivity contribution in [1.82, 2.24) is 5.32 Å². The van der Waals surface area contributed by atoms with Gasteiger partial charge >= 0.3 is 0 Å². The summed E-state index contributed by atoms with van der Waals surface area (Å²) < 4.78 is 26.1. The molecular formula is C13H14F2N2O. The highest BCUT2D eigenvalue weighted by Crippen LogP contribution is 2.13. The second-order valence-electron chi connectivity index (χ2n) is 4.48. The van der Waals surface area contributed by atoms with Crippen LogP contribution in [0.2, 0.25) is 0 Å². The maximum absolute atomic E-state index is 13.3. The third-order valence-electron chi connectivity index (χ3n) is 2.53. The van der Waals surface area contributed by atoms with Crippen LogP contribution >= 0.6 is 0 Å². The van der Waals surface area contributed by atoms with E-state index < -0.39 is 23.0 Å². The van der Waals surface area contributed by atoms with Gasteiger partial charge in [-0.1, -0.05) is 0 Å². The minimum atomic E-state index is -1.12. The van der Waals surface area contributed by atoms with Crippen LogP contribution in [0.3, 0.4) is 0 Å². The normalized spacial score (nSPS) is 10.8. The highest BCUT2D eigenvalue weighted by molar-refractivity contribution is 5.84. The van der Waals surface area contributed by atoms with Gasteiger partial charge in [-0.2, -0.15) is 5.26 Å². The van der Waals surface area contributed by atoms with E-state index in [-0.39, 0.29) is 18.5 Å². The summed E-state index contributed by atoms with van der Waals surface area (Å²) in [5, 5.41) is 11.3. The Hall–Kier alpha value is -1.96. The fraction of sp³-hybridized carbons (Fsp3) is 0.385. The highest BCUT2D eigenvalue weighted by Gasteiger charge is 2.26. The van der Waals surface area contributed by atoms with Gasteiger partial charge in [-0.25, -0.2) is 8.78 Å². The number of nitrogens with zero attached hydrogens (tertiary/aromatic N) is 1. The zero-order valence-corrected chi connectivity index (χ0v) is 10.3. The molecule has 0 unspecified atom stereocenters. The Balaban J connectivity index is 2.55. The summed E-state index contributed by atoms with van der Waals surface area (Å²) in [6, 6.07) is 5.04. The molecule has 0 saturated carbocycles. The first kappa shape index (κ1) is 14.1. The summed E-state index contributed by atoms with van der Waals surface area (Å²) in [6.07, 6.45) is 0.177. The Morgan fingerprint density at radius 2 is 2.11 bits per heavy atom. The van der Waals surface area contributed by atoms with Crippen molar-refractivity contribution >= 4 is 5.91 Å². The van der Waals surface area contributed by atoms with Crippen molar-refractivity contribution in [3.05, 3.63) is 35.4 Å². The molecule has 0 aliphatic heterocycles. The summed E-state index contributed by atoms with van der Waals surface area (Å²) in [7, 11) is 0. The molecule has 5 heteroatoms. The van der Waals surface area contributed by atoms with E-state index in [9.17, 15) is 13.6 Å². The lowest BCUT2D eigenvalue weighted by Gasteiger charge is -2.14. The molecule has 96 valence electrons. The minimum absolute atomic E-state index is 0.157. The van der Waals surface area contributed by atoms with E-state index in [1.165, 1.54) is 13.8 Å². The monoisotopic (exact) mass is 252 g/mol. The van der Waals surface area contributed by atoms with Gasteiger partial charge in [-0.05, 0) is 44.0 Å². The second kappa shape index (κ2) is 5.58. The average molecular weight is 252 g/mol. The number of carbonyl (C=O) groups is 1. The maximum atomic E-state index is 13.3. The number of halogens is 2. The first-order chi connectivity index (χ1) is 8.36. The quantitative estimate of drug-likeness (QED) is 0.892. The van der Waals surface area contributed by atoms with Crippen molar-refractivity contribution in [3.63, 3.8) is 0 Å². The number of amides is 1. The standard InChI is InChI=1S/C13H14F2N2O/c1-13(2,8-16)12(18)17-6-5-9-7-10(14)3-4-11(9)15/h3-4,7H,5-6H2,1-2H3,(H,17,18). The lowest BCUT2D eigenvalue weighted by Crippen LogP contribution is -2.37. The van der Waals surface area contributed by atoms with Gasteiger partial charge in [0, 0.05) is 6.54 Å². The number of nitriles is 1. The Morgan fingerprint density at radius 3 is 2.72 bits per heavy atom. The Kier molecular flexibility index (Phi) is 4.38. The fourth-order valence-electron chi connectivity index (χ4n) is 1.32. The van der Waals surface area contributed by atoms with Gasteiger partial charge in [-0.15, -0.1) is 0 Å². The molecule has 0 aliphatic carbocycles. The van der Waals surface area contributed by atoms with Gasteiger partial charge in [0.05, 0.1) is 6.07 Å². The predicted octanol–water partition coefficient (Wildman–Crippen LogP) is 2.17. The maximum Gasteiger partial charge on any atom is 0.239 e. The zero-order chi connectivity index (χ0) is 13.8. The molecule has 0 spiro atoms. The van der Waals surface area contributed by atoms with E-state index in [1.54, 1.807) is 0 Å². The number of benzene rings is 1. The van der Waals surface area contributed by atoms with Crippen molar-refractivity contribution in [2.45, 2.75) is 20.3 Å². The topological polar surface area (TPSA) is 52.9 Å². The number of hydrogen-bond acceptors (Lipinski definition) is 2. The molecule has 18 heavy (non-hydrogen) atoms. The SMILES string of the molecule is CC(C)(C#N)C(=O)NCCc1cc(F)ccc1F. The first-order valence-electron chi connectivity index (χ1n) is 5.50. The molecule has 1 N–H and O–H groups in total. The first-order valence-corrected chi connectivity index (χ1v) is 5.50. The lowest BCUT2D eigenvalue weighted by atomic mass is 9.95. The van der Waals surface area contributed by atoms with Crippen LogP contribution in [0.5, 0.6) is 0 Å². The molecule has 0 aromatic heterocycles. The van der Waals surface area contributed by atoms with Crippen LogP contribution in [0, 0.1) is 28.4 Å². The summed E-state index contributed by atoms with van der Waals surface area (Å²) >= 11 is 0. The molecular weight excluding hydrogens is 238 g/mol. The lowest BCUT2D eigenvalue weighted by molar-refractivity contribution is -0.126. The van der Waals surface area contributed by atoms with E-state index >= 15 is 0 Å². The van der Waals surface area contributed by atoms with E-state index in [0.717, 1.165) is 18.2 Å². The molecule has 1 aromatic carbocycles. The third kappa shape index (κ3) is 3.52. The number of hydrogen-bond donors (Lipinski definition) is 1. The van der Waals surface area contributed by atoms with Crippen LogP contribution in [-0.2, 0) is 11.2 Å². The zero-order valence-electron chi connectivity index (χ0n) is 10.3. The molecule has 3 nitrogen and oxygen atoms in total. The van der Waals surface area contributed by atoms with Crippen molar-refractivity contribution in [2.75, 3.05) is 6.54 Å². The van der Waals surface area contributed by atoms with Crippen LogP contribution in [-0.4, -0.2) is 12.5 Å². The van der Waals surface area contributed by atoms with E-state index in [1.807, 2.05) is 6.07 Å². The molecule has 0 fully saturated rings. The smallest absolute Gasteiger partial charge is 0.239 e. The molecule has 0 heterocycles. The van der Waals surface area contributed by atoms with Gasteiger partial charge in [0.1, 0.15) is 17.0 Å². The molecule has 0 atom stereocenters. The average Bonchev–Trinajstić information content (AvgIpc) is 2.33. The molecule has 1 amide bonds. The van der Waals surface area contributed by atoms with Gasteiger partial charge in [0.15, 0.2) is 0 Å². The second-order valence-corrected chi connectivity index (χ2v) is 4.48. The summed E-state index contributed by atoms with van der Waals surface area (Å²) in [6.45, 7) is 3.14. The number of nitrogens with one attached hydrogen (secondary N) is 1. The Bertz CT molecular complexity index is 492. The van der Waals surface area contributed by atoms with Crippen molar-refractivity contribution in [1.29, 1.82) is 5.26 Å². The van der Waals surface area contributed by atoms with Crippen molar-refractivity contribution in [3.8, 4) is 6.07 Å². The molecule has 1 aromatic rings. The molecule has 1 rings (SSSR count). The minimum Gasteiger partial charge on any atom is -0.354 e. The number of rotatable bonds is 4. The summed E-state index contributed by atoms with van der Waals surface area (Å²) in [4.78, 5) is 11.5. The third-order valence-corrected chi connectivity index (χ3v) is 2.53. The van der Waals surface area contributed by atoms with E-state index in [4.69, 9.17) is 5.26 Å². The highest BCUT2D eigenvalue weighted by atomic mass is 19.1. The van der Waals surface area contributed by atoms with Gasteiger partial charge in [0.2, 0.25) is 5.91 Å². The molecule has 0 bridgehead atoms. The van der Waals surface area contributed by atoms with Crippen molar-refractivity contribution < 1.29 is 13.6 Å². The fourth-order valence-corrected chi connectivity index (χ4v) is 1.32. The van der Waals surface area contributed by atoms with Gasteiger partial charge in [0.25, 0.3) is 0 Å². The Labute approximate surface area is 104 Å². The van der Waals surface area contributed by atoms with Gasteiger partial charge < -0.3 is 5.32 Å². The largest absolute Gasteiger partial charge is 0.354 e. The number of carbonyl (C=O) groups excluding carboxylic acids is 1.